The largest absolute Gasteiger partial charge is 0.354 e. The Balaban J connectivity index is 0.000000119. The van der Waals surface area contributed by atoms with Crippen molar-refractivity contribution in [2.45, 2.75) is 0 Å². The number of fused-ring (bicyclic) bond motifs is 16. The van der Waals surface area contributed by atoms with Crippen LogP contribution in [0.3, 0.4) is 0 Å². The predicted molar refractivity (Wildman–Crippen MR) is 455 cm³/mol. The van der Waals surface area contributed by atoms with E-state index < -0.39 is 0 Å². The molecule has 22 aromatic rings. The van der Waals surface area contributed by atoms with Crippen molar-refractivity contribution in [3.8, 4) is 72.9 Å². The lowest BCUT2D eigenvalue weighted by atomic mass is 9.98. The number of rotatable bonds is 9. The number of nitrogens with zero attached hydrogens (tertiary/aromatic N) is 5. The molecule has 0 aliphatic heterocycles. The summed E-state index contributed by atoms with van der Waals surface area (Å²) in [6, 6.07) is 139. The Bertz CT molecular complexity index is 6910. The number of nitrogens with one attached hydrogen (secondary N) is 1. The Kier molecular flexibility index (Phi) is 15.6. The molecule has 0 unspecified atom stereocenters. The zero-order valence-corrected chi connectivity index (χ0v) is 59.8. The van der Waals surface area contributed by atoms with E-state index >= 15 is 0 Å². The number of H-pyrrole nitrogens is 1. The maximum Gasteiger partial charge on any atom is 0.0635 e. The minimum absolute atomic E-state index is 1.09. The monoisotopic (exact) mass is 1430 g/mol. The summed E-state index contributed by atoms with van der Waals surface area (Å²) in [5, 5.41) is 12.6. The van der Waals surface area contributed by atoms with Gasteiger partial charge in [0.2, 0.25) is 0 Å². The lowest BCUT2D eigenvalue weighted by Gasteiger charge is -2.14. The van der Waals surface area contributed by atoms with Gasteiger partial charge in [-0.25, -0.2) is 0 Å². The van der Waals surface area contributed by atoms with Gasteiger partial charge < -0.3 is 27.8 Å². The van der Waals surface area contributed by atoms with E-state index in [1.54, 1.807) is 0 Å². The second kappa shape index (κ2) is 26.5. The molecule has 1 N–H and O–H groups in total. The van der Waals surface area contributed by atoms with Crippen LogP contribution in [0.5, 0.6) is 0 Å². The van der Waals surface area contributed by atoms with Crippen molar-refractivity contribution in [3.63, 3.8) is 0 Å². The van der Waals surface area contributed by atoms with Crippen LogP contribution in [0.4, 0.5) is 0 Å². The molecular weight excluding hydrogens is 1370 g/mol. The number of aromatic nitrogens is 6. The molecule has 0 saturated carbocycles. The molecule has 0 saturated heterocycles. The fraction of sp³-hybridized carbons (Fsp3) is 0. The third kappa shape index (κ3) is 11.1. The van der Waals surface area contributed by atoms with E-state index in [1.165, 1.54) is 159 Å². The zero-order chi connectivity index (χ0) is 70.9. The van der Waals surface area contributed by atoms with Crippen LogP contribution in [-0.4, -0.2) is 27.8 Å². The molecule has 0 aliphatic carbocycles. The molecule has 6 heterocycles. The van der Waals surface area contributed by atoms with E-state index in [4.69, 9.17) is 0 Å². The van der Waals surface area contributed by atoms with Gasteiger partial charge in [0.05, 0.1) is 49.7 Å². The summed E-state index contributed by atoms with van der Waals surface area (Å²) < 4.78 is 12.9. The highest BCUT2D eigenvalue weighted by Crippen LogP contribution is 2.42. The van der Waals surface area contributed by atoms with Crippen molar-refractivity contribution in [1.29, 1.82) is 0 Å². The van der Waals surface area contributed by atoms with Crippen LogP contribution < -0.4 is 0 Å². The molecule has 6 nitrogen and oxygen atoms in total. The number of para-hydroxylation sites is 6. The highest BCUT2D eigenvalue weighted by atomic mass is 79.9. The quantitative estimate of drug-likeness (QED) is 0.150. The molecule has 0 atom stereocenters. The van der Waals surface area contributed by atoms with Gasteiger partial charge in [-0.1, -0.05) is 271 Å². The van der Waals surface area contributed by atoms with Gasteiger partial charge in [-0.2, -0.15) is 0 Å². The maximum atomic E-state index is 3.65. The van der Waals surface area contributed by atoms with Crippen molar-refractivity contribution in [2.24, 2.45) is 0 Å². The molecule has 0 bridgehead atoms. The summed E-state index contributed by atoms with van der Waals surface area (Å²) >= 11 is 3.56. The average Bonchev–Trinajstić information content (AvgIpc) is 1.57. The first-order chi connectivity index (χ1) is 53.0. The first-order valence-electron chi connectivity index (χ1n) is 36.4. The third-order valence-corrected chi connectivity index (χ3v) is 21.7. The molecular formula is C100H67BrN6. The van der Waals surface area contributed by atoms with E-state index in [9.17, 15) is 0 Å². The number of hydrogen-bond acceptors (Lipinski definition) is 0. The Hall–Kier alpha value is -13.7. The lowest BCUT2D eigenvalue weighted by Crippen LogP contribution is -1.99. The Morgan fingerprint density at radius 2 is 0.542 bits per heavy atom. The predicted octanol–water partition coefficient (Wildman–Crippen LogP) is 27.3. The fourth-order valence-electron chi connectivity index (χ4n) is 16.4. The van der Waals surface area contributed by atoms with Gasteiger partial charge in [-0.3, -0.25) is 0 Å². The molecule has 0 aliphatic rings. The van der Waals surface area contributed by atoms with Gasteiger partial charge in [0.15, 0.2) is 0 Å². The minimum Gasteiger partial charge on any atom is -0.354 e. The van der Waals surface area contributed by atoms with E-state index in [0.29, 0.717) is 0 Å². The second-order valence-corrected chi connectivity index (χ2v) is 28.4. The molecule has 504 valence electrons. The van der Waals surface area contributed by atoms with Crippen LogP contribution in [0, 0.1) is 0 Å². The highest BCUT2D eigenvalue weighted by Gasteiger charge is 2.21. The molecule has 0 radical (unpaired) electrons. The number of benzene rings is 16. The van der Waals surface area contributed by atoms with Crippen LogP contribution in [0.15, 0.2) is 405 Å². The second-order valence-electron chi connectivity index (χ2n) is 27.5. The molecule has 0 fully saturated rings. The molecule has 0 spiro atoms. The highest BCUT2D eigenvalue weighted by molar-refractivity contribution is 9.10. The van der Waals surface area contributed by atoms with E-state index in [1.807, 2.05) is 0 Å². The van der Waals surface area contributed by atoms with Crippen LogP contribution in [0.2, 0.25) is 0 Å². The molecule has 107 heavy (non-hydrogen) atoms. The van der Waals surface area contributed by atoms with Crippen molar-refractivity contribution in [1.82, 2.24) is 27.8 Å². The summed E-state index contributed by atoms with van der Waals surface area (Å²) in [5.41, 5.74) is 27.4. The smallest absolute Gasteiger partial charge is 0.0635 e. The molecule has 22 rings (SSSR count). The van der Waals surface area contributed by atoms with Crippen molar-refractivity contribution < 1.29 is 0 Å². The lowest BCUT2D eigenvalue weighted by molar-refractivity contribution is 1.13. The maximum absolute atomic E-state index is 3.65. The normalized spacial score (nSPS) is 11.6. The van der Waals surface area contributed by atoms with Gasteiger partial charge >= 0.3 is 0 Å². The SMILES string of the molecule is Brc1cccc(-n2c3ccccc3c3ccccc32)c1.c1ccc(-c2cc(-c3ccccc3)cc(-n3ccc4c3ccc3c5ccccc5n(-c5cccc(-n6c7ccccc7c7ccccc76)c5)c34)c2)cc1.c1ccc(-c2cc(-c3ccccc3)cc(-n3ccc4c5[nH]c6ccccc6c5ccc43)c2)cc1. The van der Waals surface area contributed by atoms with Crippen LogP contribution in [-0.2, 0) is 0 Å². The average molecular weight is 1430 g/mol. The van der Waals surface area contributed by atoms with Gasteiger partial charge in [0.1, 0.15) is 0 Å². The van der Waals surface area contributed by atoms with Crippen LogP contribution in [0.1, 0.15) is 0 Å². The minimum atomic E-state index is 1.09. The summed E-state index contributed by atoms with van der Waals surface area (Å²) in [6.07, 6.45) is 4.42. The van der Waals surface area contributed by atoms with Gasteiger partial charge in [0.25, 0.3) is 0 Å². The molecule has 7 heteroatoms. The van der Waals surface area contributed by atoms with Crippen molar-refractivity contribution in [3.05, 3.63) is 405 Å². The summed E-state index contributed by atoms with van der Waals surface area (Å²) in [7, 11) is 0. The van der Waals surface area contributed by atoms with Gasteiger partial charge in [-0.15, -0.1) is 0 Å². The Morgan fingerprint density at radius 1 is 0.196 bits per heavy atom. The van der Waals surface area contributed by atoms with Crippen LogP contribution >= 0.6 is 15.9 Å². The van der Waals surface area contributed by atoms with E-state index in [2.05, 4.69) is 444 Å². The summed E-state index contributed by atoms with van der Waals surface area (Å²) in [4.78, 5) is 3.65. The number of halogens is 1. The first kappa shape index (κ1) is 63.0. The zero-order valence-electron chi connectivity index (χ0n) is 58.2. The van der Waals surface area contributed by atoms with Crippen molar-refractivity contribution >= 4 is 125 Å². The van der Waals surface area contributed by atoms with Crippen molar-refractivity contribution in [2.75, 3.05) is 0 Å². The summed E-state index contributed by atoms with van der Waals surface area (Å²) in [6.45, 7) is 0. The molecule has 6 aromatic heterocycles. The fourth-order valence-corrected chi connectivity index (χ4v) is 16.8. The Morgan fingerprint density at radius 3 is 0.991 bits per heavy atom. The number of aromatic amines is 1. The number of hydrogen-bond donors (Lipinski definition) is 1. The molecule has 16 aromatic carbocycles. The van der Waals surface area contributed by atoms with E-state index in [0.717, 1.165) is 27.2 Å². The van der Waals surface area contributed by atoms with E-state index in [-0.39, 0.29) is 0 Å². The first-order valence-corrected chi connectivity index (χ1v) is 37.2. The summed E-state index contributed by atoms with van der Waals surface area (Å²) in [5.74, 6) is 0. The molecule has 0 amide bonds. The standard InChI is InChI=1S/C50H33N3.C32H22N2.C18H12BrN/c1-3-14-34(15-4-1)36-30-37(35-16-5-2-6-17-35)32-40(31-36)51-29-28-45-46(51)27-26-44-43-22-9-12-25-49(43)53(50(44)45)39-19-13-18-38(33-39)52-47-23-10-7-20-41(47)42-21-8-11-24-48(42)52;1-3-9-22(10-4-1)24-19-25(23-11-5-2-6-12-23)21-26(20-24)34-18-17-29-31(34)16-15-28-27-13-7-8-14-30(27)33-32(28)29;19-13-6-5-7-14(12-13)20-17-10-3-1-8-15(17)16-9-2-4-11-18(16)20/h1-33H;1-21,33H;1-12H. The third-order valence-electron chi connectivity index (χ3n) is 21.2. The van der Waals surface area contributed by atoms with Gasteiger partial charge in [-0.05, 0) is 178 Å². The van der Waals surface area contributed by atoms with Crippen LogP contribution in [0.25, 0.3) is 182 Å². The van der Waals surface area contributed by atoms with Gasteiger partial charge in [0, 0.05) is 105 Å². The Labute approximate surface area is 626 Å². The topological polar surface area (TPSA) is 40.4 Å².